The van der Waals surface area contributed by atoms with Gasteiger partial charge >= 0.3 is 5.76 Å². The van der Waals surface area contributed by atoms with Crippen LogP contribution < -0.4 is 11.1 Å². The summed E-state index contributed by atoms with van der Waals surface area (Å²) in [6, 6.07) is 5.85. The second-order valence-corrected chi connectivity index (χ2v) is 4.40. The molecule has 0 unspecified atom stereocenters. The Kier molecular flexibility index (Phi) is 3.91. The Bertz CT molecular complexity index is 559. The molecule has 0 saturated carbocycles. The van der Waals surface area contributed by atoms with Gasteiger partial charge in [0.05, 0.1) is 5.52 Å². The molecule has 0 aliphatic rings. The Morgan fingerprint density at radius 3 is 3.00 bits per heavy atom. The van der Waals surface area contributed by atoms with Gasteiger partial charge in [-0.3, -0.25) is 4.57 Å². The van der Waals surface area contributed by atoms with Gasteiger partial charge in [0.15, 0.2) is 5.58 Å². The summed E-state index contributed by atoms with van der Waals surface area (Å²) in [5.41, 5.74) is 2.69. The van der Waals surface area contributed by atoms with Crippen molar-refractivity contribution in [3.63, 3.8) is 0 Å². The normalized spacial score (nSPS) is 11.2. The predicted octanol–water partition coefficient (Wildman–Crippen LogP) is 1.19. The van der Waals surface area contributed by atoms with Crippen LogP contribution in [0.1, 0.15) is 5.56 Å². The van der Waals surface area contributed by atoms with Crippen molar-refractivity contribution >= 4 is 23.7 Å². The van der Waals surface area contributed by atoms with E-state index in [1.54, 1.807) is 7.05 Å². The van der Waals surface area contributed by atoms with Gasteiger partial charge in [-0.2, -0.15) is 12.6 Å². The van der Waals surface area contributed by atoms with Crippen LogP contribution in [0.2, 0.25) is 0 Å². The first kappa shape index (κ1) is 12.3. The summed E-state index contributed by atoms with van der Waals surface area (Å²) in [7, 11) is 1.72. The molecule has 2 rings (SSSR count). The number of hydrogen-bond donors (Lipinski definition) is 2. The highest BCUT2D eigenvalue weighted by Crippen LogP contribution is 2.14. The highest BCUT2D eigenvalue weighted by atomic mass is 32.1. The number of oxazole rings is 1. The summed E-state index contributed by atoms with van der Waals surface area (Å²) in [6.07, 6.45) is 0.934. The number of benzene rings is 1. The van der Waals surface area contributed by atoms with E-state index >= 15 is 0 Å². The number of fused-ring (bicyclic) bond motifs is 1. The third-order valence-electron chi connectivity index (χ3n) is 2.73. The maximum absolute atomic E-state index is 11.3. The van der Waals surface area contributed by atoms with Gasteiger partial charge in [0, 0.05) is 19.3 Å². The molecule has 0 fully saturated rings. The van der Waals surface area contributed by atoms with Gasteiger partial charge in [0.25, 0.3) is 0 Å². The first-order valence-corrected chi connectivity index (χ1v) is 6.25. The average Bonchev–Trinajstić information content (AvgIpc) is 2.61. The number of rotatable bonds is 5. The lowest BCUT2D eigenvalue weighted by molar-refractivity contribution is 0.528. The summed E-state index contributed by atoms with van der Waals surface area (Å²) in [5, 5.41) is 3.28. The third kappa shape index (κ3) is 2.73. The molecule has 4 nitrogen and oxygen atoms in total. The van der Waals surface area contributed by atoms with Crippen molar-refractivity contribution in [2.24, 2.45) is 7.05 Å². The molecule has 1 aromatic heterocycles. The quantitative estimate of drug-likeness (QED) is 0.621. The van der Waals surface area contributed by atoms with Crippen LogP contribution in [0.4, 0.5) is 0 Å². The first-order chi connectivity index (χ1) is 8.22. The molecular weight excluding hydrogens is 236 g/mol. The fourth-order valence-corrected chi connectivity index (χ4v) is 1.92. The van der Waals surface area contributed by atoms with E-state index in [4.69, 9.17) is 4.42 Å². The van der Waals surface area contributed by atoms with Crippen molar-refractivity contribution in [2.45, 2.75) is 6.42 Å². The lowest BCUT2D eigenvalue weighted by Gasteiger charge is -2.03. The minimum absolute atomic E-state index is 0.314. The Balaban J connectivity index is 2.14. The van der Waals surface area contributed by atoms with Gasteiger partial charge in [0.2, 0.25) is 0 Å². The fraction of sp³-hybridized carbons (Fsp3) is 0.417. The molecule has 1 aromatic carbocycles. The standard InChI is InChI=1S/C12H16N2O2S/c1-14-10-8-9(4-5-13-6-7-17)2-3-11(10)16-12(14)15/h2-3,8,13,17H,4-7H2,1H3. The number of nitrogens with zero attached hydrogens (tertiary/aromatic N) is 1. The van der Waals surface area contributed by atoms with Gasteiger partial charge in [-0.25, -0.2) is 4.79 Å². The topological polar surface area (TPSA) is 47.2 Å². The van der Waals surface area contributed by atoms with E-state index in [2.05, 4.69) is 17.9 Å². The average molecular weight is 252 g/mol. The van der Waals surface area contributed by atoms with Gasteiger partial charge in [-0.05, 0) is 30.7 Å². The van der Waals surface area contributed by atoms with Crippen molar-refractivity contribution in [2.75, 3.05) is 18.8 Å². The molecule has 0 atom stereocenters. The Labute approximate surface area is 105 Å². The molecule has 0 bridgehead atoms. The molecular formula is C12H16N2O2S. The molecule has 0 aliphatic carbocycles. The minimum atomic E-state index is -0.314. The van der Waals surface area contributed by atoms with Crippen molar-refractivity contribution < 1.29 is 4.42 Å². The van der Waals surface area contributed by atoms with Crippen molar-refractivity contribution in [1.29, 1.82) is 0 Å². The zero-order valence-electron chi connectivity index (χ0n) is 9.77. The maximum atomic E-state index is 11.3. The van der Waals surface area contributed by atoms with Crippen LogP contribution in [0.5, 0.6) is 0 Å². The number of thiol groups is 1. The molecule has 1 N–H and O–H groups in total. The Hall–Kier alpha value is -1.20. The molecule has 1 heterocycles. The Morgan fingerprint density at radius 2 is 2.24 bits per heavy atom. The molecule has 5 heteroatoms. The maximum Gasteiger partial charge on any atom is 0.419 e. The summed E-state index contributed by atoms with van der Waals surface area (Å²) in [6.45, 7) is 1.83. The summed E-state index contributed by atoms with van der Waals surface area (Å²) < 4.78 is 6.61. The number of aromatic nitrogens is 1. The smallest absolute Gasteiger partial charge is 0.408 e. The minimum Gasteiger partial charge on any atom is -0.408 e. The summed E-state index contributed by atoms with van der Waals surface area (Å²) in [5.74, 6) is 0.528. The van der Waals surface area contributed by atoms with Crippen LogP contribution >= 0.6 is 12.6 Å². The zero-order chi connectivity index (χ0) is 12.3. The zero-order valence-corrected chi connectivity index (χ0v) is 10.7. The molecule has 0 radical (unpaired) electrons. The summed E-state index contributed by atoms with van der Waals surface area (Å²) >= 11 is 4.13. The summed E-state index contributed by atoms with van der Waals surface area (Å²) in [4.78, 5) is 11.3. The second-order valence-electron chi connectivity index (χ2n) is 3.95. The third-order valence-corrected chi connectivity index (χ3v) is 2.96. The molecule has 2 aromatic rings. The van der Waals surface area contributed by atoms with E-state index in [0.717, 1.165) is 30.8 Å². The number of aryl methyl sites for hydroxylation is 1. The van der Waals surface area contributed by atoms with Crippen molar-refractivity contribution in [3.05, 3.63) is 34.3 Å². The molecule has 0 amide bonds. The van der Waals surface area contributed by atoms with Crippen LogP contribution in [0.3, 0.4) is 0 Å². The van der Waals surface area contributed by atoms with Gasteiger partial charge in [-0.1, -0.05) is 6.07 Å². The van der Waals surface area contributed by atoms with Crippen molar-refractivity contribution in [3.8, 4) is 0 Å². The molecule has 0 saturated heterocycles. The van der Waals surface area contributed by atoms with E-state index in [1.165, 1.54) is 10.1 Å². The largest absolute Gasteiger partial charge is 0.419 e. The first-order valence-electron chi connectivity index (χ1n) is 5.62. The van der Waals surface area contributed by atoms with E-state index in [0.29, 0.717) is 5.58 Å². The van der Waals surface area contributed by atoms with Gasteiger partial charge in [-0.15, -0.1) is 0 Å². The lowest BCUT2D eigenvalue weighted by atomic mass is 10.1. The van der Waals surface area contributed by atoms with Crippen LogP contribution in [-0.2, 0) is 13.5 Å². The molecule has 0 spiro atoms. The SMILES string of the molecule is Cn1c(=O)oc2ccc(CCNCCS)cc21. The number of hydrogen-bond acceptors (Lipinski definition) is 4. The van der Waals surface area contributed by atoms with Crippen LogP contribution in [0.15, 0.2) is 27.4 Å². The van der Waals surface area contributed by atoms with Crippen LogP contribution in [-0.4, -0.2) is 23.4 Å². The highest BCUT2D eigenvalue weighted by Gasteiger charge is 2.05. The van der Waals surface area contributed by atoms with E-state index in [1.807, 2.05) is 18.2 Å². The monoisotopic (exact) mass is 252 g/mol. The van der Waals surface area contributed by atoms with E-state index < -0.39 is 0 Å². The highest BCUT2D eigenvalue weighted by molar-refractivity contribution is 7.80. The lowest BCUT2D eigenvalue weighted by Crippen LogP contribution is -2.19. The van der Waals surface area contributed by atoms with Gasteiger partial charge in [0.1, 0.15) is 0 Å². The predicted molar refractivity (Wildman–Crippen MR) is 71.9 cm³/mol. The van der Waals surface area contributed by atoms with Crippen molar-refractivity contribution in [1.82, 2.24) is 9.88 Å². The molecule has 92 valence electrons. The second kappa shape index (κ2) is 5.42. The Morgan fingerprint density at radius 1 is 1.41 bits per heavy atom. The fourth-order valence-electron chi connectivity index (χ4n) is 1.76. The number of nitrogens with one attached hydrogen (secondary N) is 1. The molecule has 17 heavy (non-hydrogen) atoms. The van der Waals surface area contributed by atoms with E-state index in [-0.39, 0.29) is 5.76 Å². The van der Waals surface area contributed by atoms with E-state index in [9.17, 15) is 4.79 Å². The van der Waals surface area contributed by atoms with Gasteiger partial charge < -0.3 is 9.73 Å². The van der Waals surface area contributed by atoms with Crippen LogP contribution in [0, 0.1) is 0 Å². The molecule has 0 aliphatic heterocycles. The van der Waals surface area contributed by atoms with Crippen LogP contribution in [0.25, 0.3) is 11.1 Å².